The number of methoxy groups -OCH3 is 1. The fraction of sp³-hybridized carbons (Fsp3) is 0.318. The minimum absolute atomic E-state index is 0.215. The Balaban J connectivity index is 1.66. The zero-order chi connectivity index (χ0) is 18.1. The van der Waals surface area contributed by atoms with Gasteiger partial charge in [-0.1, -0.05) is 24.3 Å². The first-order valence-electron chi connectivity index (χ1n) is 9.09. The van der Waals surface area contributed by atoms with Gasteiger partial charge in [0.1, 0.15) is 5.75 Å². The fourth-order valence-corrected chi connectivity index (χ4v) is 4.10. The van der Waals surface area contributed by atoms with Gasteiger partial charge in [0, 0.05) is 11.6 Å². The van der Waals surface area contributed by atoms with Crippen LogP contribution >= 0.6 is 0 Å². The Morgan fingerprint density at radius 1 is 1.19 bits per heavy atom. The highest BCUT2D eigenvalue weighted by Crippen LogP contribution is 2.50. The molecule has 3 atom stereocenters. The molecule has 0 amide bonds. The lowest BCUT2D eigenvalue weighted by Crippen LogP contribution is -2.29. The molecule has 4 nitrogen and oxygen atoms in total. The van der Waals surface area contributed by atoms with Gasteiger partial charge in [-0.15, -0.1) is 0 Å². The molecular weight excluding hydrogens is 326 g/mol. The molecule has 0 bridgehead atoms. The predicted octanol–water partition coefficient (Wildman–Crippen LogP) is 4.70. The first-order chi connectivity index (χ1) is 12.7. The largest absolute Gasteiger partial charge is 0.494 e. The lowest BCUT2D eigenvalue weighted by atomic mass is 9.77. The second kappa shape index (κ2) is 6.87. The van der Waals surface area contributed by atoms with Crippen LogP contribution in [0.15, 0.2) is 54.6 Å². The molecule has 26 heavy (non-hydrogen) atoms. The van der Waals surface area contributed by atoms with Crippen LogP contribution in [0, 0.1) is 5.92 Å². The van der Waals surface area contributed by atoms with Crippen molar-refractivity contribution in [1.82, 2.24) is 0 Å². The molecule has 0 radical (unpaired) electrons. The summed E-state index contributed by atoms with van der Waals surface area (Å²) in [6.45, 7) is 2.68. The lowest BCUT2D eigenvalue weighted by molar-refractivity contribution is 0.0600. The number of benzene rings is 2. The highest BCUT2D eigenvalue weighted by Gasteiger charge is 2.38. The Morgan fingerprint density at radius 2 is 2.00 bits per heavy atom. The van der Waals surface area contributed by atoms with Gasteiger partial charge >= 0.3 is 5.97 Å². The molecule has 0 saturated carbocycles. The van der Waals surface area contributed by atoms with Gasteiger partial charge in [-0.25, -0.2) is 4.79 Å². The second-order valence-electron chi connectivity index (χ2n) is 6.77. The number of carbonyl (C=O) groups is 1. The minimum Gasteiger partial charge on any atom is -0.494 e. The molecule has 0 fully saturated rings. The van der Waals surface area contributed by atoms with E-state index in [0.717, 1.165) is 17.9 Å². The summed E-state index contributed by atoms with van der Waals surface area (Å²) in [5.41, 5.74) is 4.23. The van der Waals surface area contributed by atoms with Crippen LogP contribution < -0.4 is 10.1 Å². The van der Waals surface area contributed by atoms with Gasteiger partial charge in [0.25, 0.3) is 0 Å². The van der Waals surface area contributed by atoms with Crippen LogP contribution in [0.3, 0.4) is 0 Å². The molecule has 1 N–H and O–H groups in total. The molecule has 2 aromatic carbocycles. The maximum atomic E-state index is 11.7. The first kappa shape index (κ1) is 16.7. The highest BCUT2D eigenvalue weighted by atomic mass is 16.5. The number of fused-ring (bicyclic) bond motifs is 3. The average molecular weight is 349 g/mol. The van der Waals surface area contributed by atoms with E-state index in [1.807, 2.05) is 37.3 Å². The van der Waals surface area contributed by atoms with E-state index >= 15 is 0 Å². The zero-order valence-electron chi connectivity index (χ0n) is 15.1. The fourth-order valence-electron chi connectivity index (χ4n) is 4.10. The molecule has 4 rings (SSSR count). The molecule has 4 heteroatoms. The Bertz CT molecular complexity index is 841. The third-order valence-electron chi connectivity index (χ3n) is 5.34. The summed E-state index contributed by atoms with van der Waals surface area (Å²) in [5.74, 6) is 1.47. The van der Waals surface area contributed by atoms with Crippen LogP contribution in [-0.4, -0.2) is 19.7 Å². The predicted molar refractivity (Wildman–Crippen MR) is 102 cm³/mol. The normalized spacial score (nSPS) is 22.9. The molecule has 0 spiro atoms. The van der Waals surface area contributed by atoms with Crippen molar-refractivity contribution in [3.63, 3.8) is 0 Å². The number of anilines is 1. The Hall–Kier alpha value is -2.75. The van der Waals surface area contributed by atoms with E-state index < -0.39 is 0 Å². The molecule has 1 aliphatic carbocycles. The maximum absolute atomic E-state index is 11.7. The van der Waals surface area contributed by atoms with Crippen molar-refractivity contribution < 1.29 is 14.3 Å². The van der Waals surface area contributed by atoms with Crippen LogP contribution in [0.5, 0.6) is 5.75 Å². The molecule has 2 aliphatic rings. The first-order valence-corrected chi connectivity index (χ1v) is 9.09. The van der Waals surface area contributed by atoms with E-state index in [1.54, 1.807) is 0 Å². The van der Waals surface area contributed by atoms with Crippen LogP contribution in [-0.2, 0) is 4.74 Å². The van der Waals surface area contributed by atoms with Gasteiger partial charge in [-0.3, -0.25) is 0 Å². The lowest BCUT2D eigenvalue weighted by Gasteiger charge is -2.37. The van der Waals surface area contributed by atoms with Crippen molar-refractivity contribution >= 4 is 11.7 Å². The topological polar surface area (TPSA) is 47.6 Å². The number of rotatable bonds is 4. The van der Waals surface area contributed by atoms with Gasteiger partial charge in [0.2, 0.25) is 0 Å². The van der Waals surface area contributed by atoms with Gasteiger partial charge in [-0.05, 0) is 60.7 Å². The summed E-state index contributed by atoms with van der Waals surface area (Å²) in [6, 6.07) is 14.2. The summed E-state index contributed by atoms with van der Waals surface area (Å²) in [7, 11) is 1.40. The monoisotopic (exact) mass is 349 g/mol. The van der Waals surface area contributed by atoms with Crippen molar-refractivity contribution in [2.24, 2.45) is 5.92 Å². The Morgan fingerprint density at radius 3 is 2.73 bits per heavy atom. The smallest absolute Gasteiger partial charge is 0.337 e. The van der Waals surface area contributed by atoms with Gasteiger partial charge in [-0.2, -0.15) is 0 Å². The Kier molecular flexibility index (Phi) is 4.41. The van der Waals surface area contributed by atoms with E-state index in [9.17, 15) is 4.79 Å². The van der Waals surface area contributed by atoms with E-state index in [0.29, 0.717) is 24.0 Å². The van der Waals surface area contributed by atoms with Crippen LogP contribution in [0.25, 0.3) is 0 Å². The zero-order valence-corrected chi connectivity index (χ0v) is 15.1. The molecule has 0 aromatic heterocycles. The number of ether oxygens (including phenoxy) is 2. The van der Waals surface area contributed by atoms with Crippen molar-refractivity contribution in [3.8, 4) is 5.75 Å². The standard InChI is InChI=1S/C22H23NO3/c1-3-26-16-11-12-20-19(13-16)17-5-4-6-18(17)21(23-20)14-7-9-15(10-8-14)22(24)25-2/h4-5,7-13,17-18,21,23H,3,6H2,1-2H3/t17-,18+,21+/m1/s1. The number of hydrogen-bond donors (Lipinski definition) is 1. The van der Waals surface area contributed by atoms with E-state index in [4.69, 9.17) is 9.47 Å². The van der Waals surface area contributed by atoms with Gasteiger partial charge in [0.05, 0.1) is 25.3 Å². The molecule has 2 aromatic rings. The van der Waals surface area contributed by atoms with Crippen molar-refractivity contribution in [2.45, 2.75) is 25.3 Å². The summed E-state index contributed by atoms with van der Waals surface area (Å²) < 4.78 is 10.5. The van der Waals surface area contributed by atoms with Crippen molar-refractivity contribution in [2.75, 3.05) is 19.0 Å². The number of carbonyl (C=O) groups excluding carboxylic acids is 1. The van der Waals surface area contributed by atoms with Gasteiger partial charge < -0.3 is 14.8 Å². The number of hydrogen-bond acceptors (Lipinski definition) is 4. The molecule has 0 unspecified atom stereocenters. The van der Waals surface area contributed by atoms with Crippen molar-refractivity contribution in [1.29, 1.82) is 0 Å². The van der Waals surface area contributed by atoms with Gasteiger partial charge in [0.15, 0.2) is 0 Å². The molecule has 1 aliphatic heterocycles. The van der Waals surface area contributed by atoms with Crippen LogP contribution in [0.4, 0.5) is 5.69 Å². The summed E-state index contributed by atoms with van der Waals surface area (Å²) in [6.07, 6.45) is 5.63. The van der Waals surface area contributed by atoms with E-state index in [1.165, 1.54) is 18.2 Å². The average Bonchev–Trinajstić information content (AvgIpc) is 3.17. The summed E-state index contributed by atoms with van der Waals surface area (Å²) >= 11 is 0. The van der Waals surface area contributed by atoms with E-state index in [-0.39, 0.29) is 12.0 Å². The molecule has 134 valence electrons. The quantitative estimate of drug-likeness (QED) is 0.642. The number of allylic oxidation sites excluding steroid dienone is 2. The molecule has 1 heterocycles. The highest BCUT2D eigenvalue weighted by molar-refractivity contribution is 5.89. The van der Waals surface area contributed by atoms with Crippen LogP contribution in [0.1, 0.15) is 46.8 Å². The SMILES string of the molecule is CCOc1ccc2c(c1)[C@@H]1C=CC[C@@H]1[C@H](c1ccc(C(=O)OC)cc1)N2. The Labute approximate surface area is 153 Å². The van der Waals surface area contributed by atoms with Crippen LogP contribution in [0.2, 0.25) is 0 Å². The number of nitrogens with one attached hydrogen (secondary N) is 1. The molecule has 0 saturated heterocycles. The minimum atomic E-state index is -0.303. The second-order valence-corrected chi connectivity index (χ2v) is 6.77. The molecular formula is C22H23NO3. The summed E-state index contributed by atoms with van der Waals surface area (Å²) in [4.78, 5) is 11.7. The third-order valence-corrected chi connectivity index (χ3v) is 5.34. The number of esters is 1. The third kappa shape index (κ3) is 2.85. The van der Waals surface area contributed by atoms with Crippen molar-refractivity contribution in [3.05, 3.63) is 71.3 Å². The maximum Gasteiger partial charge on any atom is 0.337 e. The summed E-state index contributed by atoms with van der Waals surface area (Å²) in [5, 5.41) is 3.70. The van der Waals surface area contributed by atoms with E-state index in [2.05, 4.69) is 29.6 Å².